The van der Waals surface area contributed by atoms with E-state index in [1.165, 1.54) is 12.5 Å². The molecule has 1 N–H and O–H groups in total. The first-order valence-corrected chi connectivity index (χ1v) is 8.59. The van der Waals surface area contributed by atoms with E-state index in [-0.39, 0.29) is 12.4 Å². The fourth-order valence-electron chi connectivity index (χ4n) is 2.37. The van der Waals surface area contributed by atoms with Crippen molar-refractivity contribution in [3.8, 4) is 5.75 Å². The molecule has 0 fully saturated rings. The summed E-state index contributed by atoms with van der Waals surface area (Å²) in [6, 6.07) is 15.0. The summed E-state index contributed by atoms with van der Waals surface area (Å²) in [5, 5.41) is 10.1. The van der Waals surface area contributed by atoms with E-state index in [1.54, 1.807) is 24.3 Å². The molecule has 2 aromatic rings. The number of benzene rings is 2. The number of aliphatic hydroxyl groups excluding tert-OH is 1. The van der Waals surface area contributed by atoms with Crippen LogP contribution in [0, 0.1) is 0 Å². The van der Waals surface area contributed by atoms with E-state index in [2.05, 4.69) is 22.0 Å². The van der Waals surface area contributed by atoms with E-state index < -0.39 is 6.10 Å². The summed E-state index contributed by atoms with van der Waals surface area (Å²) in [4.78, 5) is 13.3. The molecule has 0 saturated heterocycles. The molecule has 0 aliphatic rings. The summed E-state index contributed by atoms with van der Waals surface area (Å²) in [6.07, 6.45) is -0.593. The lowest BCUT2D eigenvalue weighted by Gasteiger charge is -2.21. The minimum Gasteiger partial charge on any atom is -0.491 e. The fourth-order valence-corrected chi connectivity index (χ4v) is 2.78. The minimum absolute atomic E-state index is 0.0234. The minimum atomic E-state index is -0.593. The molecule has 0 aliphatic heterocycles. The van der Waals surface area contributed by atoms with Gasteiger partial charge in [0.25, 0.3) is 0 Å². The van der Waals surface area contributed by atoms with E-state index in [0.29, 0.717) is 17.9 Å². The van der Waals surface area contributed by atoms with Gasteiger partial charge < -0.3 is 9.84 Å². The van der Waals surface area contributed by atoms with Gasteiger partial charge in [-0.2, -0.15) is 0 Å². The van der Waals surface area contributed by atoms with Crippen molar-refractivity contribution in [2.75, 3.05) is 20.2 Å². The monoisotopic (exact) mass is 391 g/mol. The first kappa shape index (κ1) is 18.6. The Kier molecular flexibility index (Phi) is 6.97. The van der Waals surface area contributed by atoms with Crippen LogP contribution in [0.1, 0.15) is 22.8 Å². The Balaban J connectivity index is 1.79. The molecule has 0 aromatic heterocycles. The number of hydrogen-bond acceptors (Lipinski definition) is 4. The van der Waals surface area contributed by atoms with Crippen molar-refractivity contribution in [3.63, 3.8) is 0 Å². The number of hydrogen-bond donors (Lipinski definition) is 1. The van der Waals surface area contributed by atoms with E-state index in [1.807, 2.05) is 30.1 Å². The number of halogens is 1. The standard InChI is InChI=1S/C19H22BrNO3/c1-14(22)15-7-9-18(10-8-15)24-13-17(23)12-21(2)11-16-5-3-4-6-19(16)20/h3-10,17,23H,11-13H2,1-2H3. The summed E-state index contributed by atoms with van der Waals surface area (Å²) in [6.45, 7) is 2.99. The van der Waals surface area contributed by atoms with Crippen molar-refractivity contribution in [1.82, 2.24) is 4.90 Å². The topological polar surface area (TPSA) is 49.8 Å². The van der Waals surface area contributed by atoms with Gasteiger partial charge in [0, 0.05) is 23.1 Å². The molecule has 0 amide bonds. The van der Waals surface area contributed by atoms with Crippen LogP contribution >= 0.6 is 15.9 Å². The van der Waals surface area contributed by atoms with Gasteiger partial charge in [-0.1, -0.05) is 34.1 Å². The van der Waals surface area contributed by atoms with Gasteiger partial charge in [0.05, 0.1) is 0 Å². The molecule has 2 aromatic carbocycles. The summed E-state index contributed by atoms with van der Waals surface area (Å²) in [7, 11) is 1.96. The second-order valence-electron chi connectivity index (χ2n) is 5.83. The van der Waals surface area contributed by atoms with Crippen LogP contribution in [0.25, 0.3) is 0 Å². The zero-order valence-corrected chi connectivity index (χ0v) is 15.5. The van der Waals surface area contributed by atoms with Crippen LogP contribution in [0.4, 0.5) is 0 Å². The number of nitrogens with zero attached hydrogens (tertiary/aromatic N) is 1. The highest BCUT2D eigenvalue weighted by Gasteiger charge is 2.11. The van der Waals surface area contributed by atoms with Gasteiger partial charge in [0.1, 0.15) is 18.5 Å². The molecule has 24 heavy (non-hydrogen) atoms. The number of aliphatic hydroxyl groups is 1. The highest BCUT2D eigenvalue weighted by atomic mass is 79.9. The number of ether oxygens (including phenoxy) is 1. The normalized spacial score (nSPS) is 12.2. The predicted molar refractivity (Wildman–Crippen MR) is 98.4 cm³/mol. The number of Topliss-reactive ketones (excluding diaryl/α,β-unsaturated/α-hetero) is 1. The highest BCUT2D eigenvalue weighted by molar-refractivity contribution is 9.10. The number of carbonyl (C=O) groups excluding carboxylic acids is 1. The summed E-state index contributed by atoms with van der Waals surface area (Å²) >= 11 is 3.53. The average Bonchev–Trinajstić information content (AvgIpc) is 2.55. The first-order valence-electron chi connectivity index (χ1n) is 7.79. The number of ketones is 1. The van der Waals surface area contributed by atoms with Gasteiger partial charge in [0.15, 0.2) is 5.78 Å². The van der Waals surface area contributed by atoms with Crippen LogP contribution in [-0.2, 0) is 6.54 Å². The molecule has 0 bridgehead atoms. The molecular weight excluding hydrogens is 370 g/mol. The van der Waals surface area contributed by atoms with Crippen LogP contribution in [0.3, 0.4) is 0 Å². The van der Waals surface area contributed by atoms with Crippen molar-refractivity contribution >= 4 is 21.7 Å². The Morgan fingerprint density at radius 2 is 1.88 bits per heavy atom. The lowest BCUT2D eigenvalue weighted by molar-refractivity contribution is 0.0743. The van der Waals surface area contributed by atoms with Gasteiger partial charge in [-0.3, -0.25) is 9.69 Å². The van der Waals surface area contributed by atoms with Crippen LogP contribution in [-0.4, -0.2) is 42.1 Å². The lowest BCUT2D eigenvalue weighted by atomic mass is 10.1. The Labute approximate surface area is 151 Å². The Bertz CT molecular complexity index is 673. The van der Waals surface area contributed by atoms with Gasteiger partial charge >= 0.3 is 0 Å². The maximum atomic E-state index is 11.2. The average molecular weight is 392 g/mol. The van der Waals surface area contributed by atoms with Gasteiger partial charge in [-0.15, -0.1) is 0 Å². The van der Waals surface area contributed by atoms with E-state index >= 15 is 0 Å². The molecule has 4 nitrogen and oxygen atoms in total. The quantitative estimate of drug-likeness (QED) is 0.699. The first-order chi connectivity index (χ1) is 11.5. The van der Waals surface area contributed by atoms with Gasteiger partial charge in [-0.25, -0.2) is 0 Å². The van der Waals surface area contributed by atoms with E-state index in [0.717, 1.165) is 11.0 Å². The molecule has 128 valence electrons. The molecular formula is C19H22BrNO3. The van der Waals surface area contributed by atoms with Gasteiger partial charge in [0.2, 0.25) is 0 Å². The molecule has 2 rings (SSSR count). The number of carbonyl (C=O) groups is 1. The second-order valence-corrected chi connectivity index (χ2v) is 6.69. The largest absolute Gasteiger partial charge is 0.491 e. The highest BCUT2D eigenvalue weighted by Crippen LogP contribution is 2.17. The molecule has 5 heteroatoms. The van der Waals surface area contributed by atoms with Crippen molar-refractivity contribution in [1.29, 1.82) is 0 Å². The Hall–Kier alpha value is -1.69. The van der Waals surface area contributed by atoms with Crippen LogP contribution in [0.2, 0.25) is 0 Å². The van der Waals surface area contributed by atoms with Crippen molar-refractivity contribution in [2.45, 2.75) is 19.6 Å². The van der Waals surface area contributed by atoms with Crippen molar-refractivity contribution in [2.24, 2.45) is 0 Å². The summed E-state index contributed by atoms with van der Waals surface area (Å²) < 4.78 is 6.64. The van der Waals surface area contributed by atoms with Gasteiger partial charge in [-0.05, 0) is 49.9 Å². The molecule has 0 spiro atoms. The van der Waals surface area contributed by atoms with Crippen LogP contribution in [0.15, 0.2) is 53.0 Å². The van der Waals surface area contributed by atoms with Crippen LogP contribution in [0.5, 0.6) is 5.75 Å². The van der Waals surface area contributed by atoms with E-state index in [9.17, 15) is 9.90 Å². The predicted octanol–water partition coefficient (Wildman–Crippen LogP) is 3.52. The molecule has 0 saturated carbocycles. The van der Waals surface area contributed by atoms with Crippen molar-refractivity contribution < 1.29 is 14.6 Å². The van der Waals surface area contributed by atoms with E-state index in [4.69, 9.17) is 4.74 Å². The molecule has 0 radical (unpaired) electrons. The summed E-state index contributed by atoms with van der Waals surface area (Å²) in [5.41, 5.74) is 1.82. The SMILES string of the molecule is CC(=O)c1ccc(OCC(O)CN(C)Cc2ccccc2Br)cc1. The van der Waals surface area contributed by atoms with Crippen molar-refractivity contribution in [3.05, 3.63) is 64.1 Å². The number of rotatable bonds is 8. The number of likely N-dealkylation sites (N-methyl/N-ethyl adjacent to an activating group) is 1. The third kappa shape index (κ3) is 5.74. The molecule has 0 aliphatic carbocycles. The zero-order valence-electron chi connectivity index (χ0n) is 13.9. The maximum absolute atomic E-state index is 11.2. The third-order valence-electron chi connectivity index (χ3n) is 3.62. The molecule has 1 atom stereocenters. The Morgan fingerprint density at radius 1 is 1.21 bits per heavy atom. The smallest absolute Gasteiger partial charge is 0.159 e. The fraction of sp³-hybridized carbons (Fsp3) is 0.316. The Morgan fingerprint density at radius 3 is 2.50 bits per heavy atom. The lowest BCUT2D eigenvalue weighted by Crippen LogP contribution is -2.32. The second kappa shape index (κ2) is 8.97. The molecule has 0 heterocycles. The third-order valence-corrected chi connectivity index (χ3v) is 4.40. The zero-order chi connectivity index (χ0) is 17.5. The molecule has 1 unspecified atom stereocenters. The van der Waals surface area contributed by atoms with Crippen LogP contribution < -0.4 is 4.74 Å². The maximum Gasteiger partial charge on any atom is 0.159 e. The summed E-state index contributed by atoms with van der Waals surface area (Å²) in [5.74, 6) is 0.669.